The largest absolute Gasteiger partial charge is 0.391 e. The van der Waals surface area contributed by atoms with Gasteiger partial charge in [0.05, 0.1) is 29.4 Å². The Balaban J connectivity index is 1.53. The first-order chi connectivity index (χ1) is 16.5. The first-order valence-electron chi connectivity index (χ1n) is 11.6. The molecule has 4 N–H and O–H groups in total. The highest BCUT2D eigenvalue weighted by Crippen LogP contribution is 2.28. The summed E-state index contributed by atoms with van der Waals surface area (Å²) in [6, 6.07) is 16.3. The molecule has 178 valence electrons. The van der Waals surface area contributed by atoms with Crippen LogP contribution in [0.2, 0.25) is 0 Å². The summed E-state index contributed by atoms with van der Waals surface area (Å²) in [6.45, 7) is 1.16. The van der Waals surface area contributed by atoms with Crippen molar-refractivity contribution in [3.8, 4) is 0 Å². The second kappa shape index (κ2) is 11.2. The maximum absolute atomic E-state index is 13.1. The van der Waals surface area contributed by atoms with E-state index in [-0.39, 0.29) is 18.0 Å². The number of ether oxygens (including phenoxy) is 1. The first kappa shape index (κ1) is 23.8. The molecule has 34 heavy (non-hydrogen) atoms. The zero-order chi connectivity index (χ0) is 23.9. The average Bonchev–Trinajstić information content (AvgIpc) is 2.87. The molecule has 2 aromatic carbocycles. The minimum absolute atomic E-state index is 0.0559. The van der Waals surface area contributed by atoms with Crippen molar-refractivity contribution >= 4 is 22.8 Å². The lowest BCUT2D eigenvalue weighted by Crippen LogP contribution is -2.47. The van der Waals surface area contributed by atoms with Gasteiger partial charge in [0, 0.05) is 19.1 Å². The number of rotatable bonds is 9. The predicted octanol–water partition coefficient (Wildman–Crippen LogP) is 2.25. The fraction of sp³-hybridized carbons (Fsp3) is 0.385. The first-order valence-corrected chi connectivity index (χ1v) is 11.6. The van der Waals surface area contributed by atoms with Crippen LogP contribution >= 0.6 is 0 Å². The smallest absolute Gasteiger partial charge is 0.271 e. The molecule has 8 nitrogen and oxygen atoms in total. The van der Waals surface area contributed by atoms with Gasteiger partial charge >= 0.3 is 0 Å². The summed E-state index contributed by atoms with van der Waals surface area (Å²) in [5.74, 6) is -1.30. The second-order valence-electron chi connectivity index (χ2n) is 8.78. The summed E-state index contributed by atoms with van der Waals surface area (Å²) in [5.41, 5.74) is 8.15. The van der Waals surface area contributed by atoms with E-state index in [0.29, 0.717) is 30.7 Å². The van der Waals surface area contributed by atoms with E-state index >= 15 is 0 Å². The molecule has 0 saturated carbocycles. The van der Waals surface area contributed by atoms with Crippen LogP contribution in [0.1, 0.15) is 35.3 Å². The van der Waals surface area contributed by atoms with Gasteiger partial charge in [-0.15, -0.1) is 0 Å². The van der Waals surface area contributed by atoms with E-state index in [4.69, 9.17) is 10.5 Å². The topological polar surface area (TPSA) is 127 Å². The van der Waals surface area contributed by atoms with E-state index in [0.717, 1.165) is 18.4 Å². The van der Waals surface area contributed by atoms with Crippen molar-refractivity contribution in [3.63, 3.8) is 0 Å². The lowest BCUT2D eigenvalue weighted by Gasteiger charge is -2.32. The number of aliphatic hydroxyl groups is 1. The Morgan fingerprint density at radius 3 is 2.44 bits per heavy atom. The van der Waals surface area contributed by atoms with Gasteiger partial charge in [0.15, 0.2) is 0 Å². The van der Waals surface area contributed by atoms with Crippen LogP contribution in [0.25, 0.3) is 11.0 Å². The van der Waals surface area contributed by atoms with Crippen molar-refractivity contribution in [2.45, 2.75) is 37.8 Å². The Bertz CT molecular complexity index is 1120. The van der Waals surface area contributed by atoms with E-state index < -0.39 is 29.9 Å². The van der Waals surface area contributed by atoms with Crippen LogP contribution in [0, 0.1) is 11.8 Å². The number of amides is 2. The van der Waals surface area contributed by atoms with Crippen molar-refractivity contribution in [1.29, 1.82) is 0 Å². The monoisotopic (exact) mass is 462 g/mol. The number of hydrogen-bond acceptors (Lipinski definition) is 6. The van der Waals surface area contributed by atoms with E-state index in [2.05, 4.69) is 15.3 Å². The second-order valence-corrected chi connectivity index (χ2v) is 8.78. The van der Waals surface area contributed by atoms with Gasteiger partial charge in [-0.3, -0.25) is 14.6 Å². The van der Waals surface area contributed by atoms with E-state index in [9.17, 15) is 14.7 Å². The third-order valence-corrected chi connectivity index (χ3v) is 6.46. The molecule has 1 aliphatic heterocycles. The van der Waals surface area contributed by atoms with Crippen LogP contribution in [-0.4, -0.2) is 52.2 Å². The standard InChI is InChI=1S/C26H30N4O4/c27-25(32)19(18-10-12-34-13-11-18)15-24(31)22(14-17-6-2-1-3-7-17)30-26(33)23-16-28-20-8-4-5-9-21(20)29-23/h1-9,16,18-19,22,24,31H,10-15H2,(H2,27,32)(H,30,33)/t19-,22-,24-/m0/s1. The summed E-state index contributed by atoms with van der Waals surface area (Å²) < 4.78 is 5.41. The number of primary amides is 1. The summed E-state index contributed by atoms with van der Waals surface area (Å²) in [4.78, 5) is 34.1. The van der Waals surface area contributed by atoms with Crippen LogP contribution in [0.15, 0.2) is 60.8 Å². The summed E-state index contributed by atoms with van der Waals surface area (Å²) in [7, 11) is 0. The molecule has 1 aliphatic rings. The van der Waals surface area contributed by atoms with Gasteiger partial charge in [-0.05, 0) is 49.3 Å². The minimum atomic E-state index is -0.974. The predicted molar refractivity (Wildman–Crippen MR) is 128 cm³/mol. The highest BCUT2D eigenvalue weighted by Gasteiger charge is 2.33. The number of hydrogen-bond donors (Lipinski definition) is 3. The third-order valence-electron chi connectivity index (χ3n) is 6.46. The lowest BCUT2D eigenvalue weighted by molar-refractivity contribution is -0.126. The van der Waals surface area contributed by atoms with Crippen molar-refractivity contribution in [2.75, 3.05) is 13.2 Å². The molecule has 0 aliphatic carbocycles. The molecule has 1 saturated heterocycles. The van der Waals surface area contributed by atoms with Crippen LogP contribution < -0.4 is 11.1 Å². The maximum atomic E-state index is 13.1. The molecule has 0 unspecified atom stereocenters. The average molecular weight is 463 g/mol. The zero-order valence-corrected chi connectivity index (χ0v) is 19.0. The molecule has 3 aromatic rings. The summed E-state index contributed by atoms with van der Waals surface area (Å²) >= 11 is 0. The van der Waals surface area contributed by atoms with Crippen molar-refractivity contribution in [3.05, 3.63) is 72.1 Å². The fourth-order valence-electron chi connectivity index (χ4n) is 4.54. The van der Waals surface area contributed by atoms with E-state index in [1.807, 2.05) is 48.5 Å². The van der Waals surface area contributed by atoms with Gasteiger partial charge in [-0.25, -0.2) is 4.98 Å². The van der Waals surface area contributed by atoms with Crippen molar-refractivity contribution < 1.29 is 19.4 Å². The van der Waals surface area contributed by atoms with Gasteiger partial charge in [0.2, 0.25) is 5.91 Å². The molecule has 8 heteroatoms. The zero-order valence-electron chi connectivity index (χ0n) is 19.0. The van der Waals surface area contributed by atoms with Crippen molar-refractivity contribution in [2.24, 2.45) is 17.6 Å². The highest BCUT2D eigenvalue weighted by atomic mass is 16.5. The molecular formula is C26H30N4O4. The maximum Gasteiger partial charge on any atom is 0.271 e. The number of para-hydroxylation sites is 2. The number of nitrogens with two attached hydrogens (primary N) is 1. The van der Waals surface area contributed by atoms with Crippen LogP contribution in [0.3, 0.4) is 0 Å². The molecule has 2 amide bonds. The Morgan fingerprint density at radius 2 is 1.74 bits per heavy atom. The SMILES string of the molecule is NC(=O)[C@@H](C[C@H](O)[C@H](Cc1ccccc1)NC(=O)c1cnc2ccccc2n1)C1CCOCC1. The molecule has 1 fully saturated rings. The molecular weight excluding hydrogens is 432 g/mol. The Morgan fingerprint density at radius 1 is 1.06 bits per heavy atom. The molecule has 0 spiro atoms. The molecule has 1 aromatic heterocycles. The third kappa shape index (κ3) is 5.95. The number of carbonyl (C=O) groups excluding carboxylic acids is 2. The number of aromatic nitrogens is 2. The molecule has 3 atom stereocenters. The van der Waals surface area contributed by atoms with Crippen LogP contribution in [0.5, 0.6) is 0 Å². The number of nitrogens with zero attached hydrogens (tertiary/aromatic N) is 2. The number of carbonyl (C=O) groups is 2. The van der Waals surface area contributed by atoms with Crippen LogP contribution in [-0.2, 0) is 16.0 Å². The lowest BCUT2D eigenvalue weighted by atomic mass is 9.80. The highest BCUT2D eigenvalue weighted by molar-refractivity contribution is 5.94. The van der Waals surface area contributed by atoms with E-state index in [1.165, 1.54) is 6.20 Å². The van der Waals surface area contributed by atoms with Gasteiger partial charge in [-0.2, -0.15) is 0 Å². The Labute approximate surface area is 198 Å². The summed E-state index contributed by atoms with van der Waals surface area (Å²) in [6.07, 6.45) is 2.47. The molecule has 0 radical (unpaired) electrons. The quantitative estimate of drug-likeness (QED) is 0.448. The normalized spacial score (nSPS) is 17.1. The van der Waals surface area contributed by atoms with Crippen molar-refractivity contribution in [1.82, 2.24) is 15.3 Å². The molecule has 4 rings (SSSR count). The Hall–Kier alpha value is -3.36. The molecule has 2 heterocycles. The fourth-order valence-corrected chi connectivity index (χ4v) is 4.54. The number of benzene rings is 2. The number of nitrogens with one attached hydrogen (secondary N) is 1. The van der Waals surface area contributed by atoms with Gasteiger partial charge in [0.1, 0.15) is 5.69 Å². The number of fused-ring (bicyclic) bond motifs is 1. The van der Waals surface area contributed by atoms with E-state index in [1.54, 1.807) is 6.07 Å². The number of aliphatic hydroxyl groups excluding tert-OH is 1. The van der Waals surface area contributed by atoms with Crippen LogP contribution in [0.4, 0.5) is 0 Å². The summed E-state index contributed by atoms with van der Waals surface area (Å²) in [5, 5.41) is 14.1. The molecule has 0 bridgehead atoms. The van der Waals surface area contributed by atoms with Gasteiger partial charge < -0.3 is 20.9 Å². The van der Waals surface area contributed by atoms with Gasteiger partial charge in [0.25, 0.3) is 5.91 Å². The van der Waals surface area contributed by atoms with Gasteiger partial charge in [-0.1, -0.05) is 42.5 Å². The Kier molecular flexibility index (Phi) is 7.82. The minimum Gasteiger partial charge on any atom is -0.391 e.